The number of carbonyl (C=O) groups is 1. The van der Waals surface area contributed by atoms with Gasteiger partial charge >= 0.3 is 0 Å². The van der Waals surface area contributed by atoms with Crippen molar-refractivity contribution in [2.45, 2.75) is 13.5 Å². The molecule has 3 heterocycles. The van der Waals surface area contributed by atoms with E-state index < -0.39 is 0 Å². The molecule has 0 aliphatic heterocycles. The molecule has 8 heteroatoms. The first-order chi connectivity index (χ1) is 12.6. The van der Waals surface area contributed by atoms with Gasteiger partial charge in [-0.3, -0.25) is 18.6 Å². The van der Waals surface area contributed by atoms with Gasteiger partial charge in [-0.1, -0.05) is 12.1 Å². The number of nitrogens with one attached hydrogen (secondary N) is 1. The van der Waals surface area contributed by atoms with Crippen molar-refractivity contribution in [2.24, 2.45) is 0 Å². The smallest absolute Gasteiger partial charge is 0.253 e. The second-order valence-corrected chi connectivity index (χ2v) is 6.72. The van der Waals surface area contributed by atoms with Gasteiger partial charge in [0, 0.05) is 40.8 Å². The molecular weight excluding hydrogens is 350 g/mol. The van der Waals surface area contributed by atoms with Crippen molar-refractivity contribution in [1.29, 1.82) is 0 Å². The van der Waals surface area contributed by atoms with E-state index in [1.54, 1.807) is 24.3 Å². The number of benzene rings is 1. The fraction of sp³-hybridized carbons (Fsp3) is 0.111. The Labute approximate surface area is 152 Å². The Kier molecular flexibility index (Phi) is 4.10. The zero-order valence-electron chi connectivity index (χ0n) is 13.9. The molecule has 0 spiro atoms. The van der Waals surface area contributed by atoms with E-state index in [0.717, 1.165) is 16.2 Å². The van der Waals surface area contributed by atoms with E-state index in [1.165, 1.54) is 17.0 Å². The van der Waals surface area contributed by atoms with E-state index in [0.29, 0.717) is 11.4 Å². The summed E-state index contributed by atoms with van der Waals surface area (Å²) in [5.74, 6) is -0.291. The quantitative estimate of drug-likeness (QED) is 0.603. The number of fused-ring (bicyclic) bond motifs is 1. The highest BCUT2D eigenvalue weighted by Gasteiger charge is 2.09. The van der Waals surface area contributed by atoms with E-state index in [9.17, 15) is 9.59 Å². The van der Waals surface area contributed by atoms with Gasteiger partial charge < -0.3 is 5.32 Å². The number of anilines is 1. The van der Waals surface area contributed by atoms with Gasteiger partial charge in [-0.25, -0.2) is 9.97 Å². The second kappa shape index (κ2) is 6.57. The van der Waals surface area contributed by atoms with Crippen LogP contribution in [0.15, 0.2) is 59.2 Å². The minimum atomic E-state index is -0.291. The second-order valence-electron chi connectivity index (χ2n) is 5.84. The summed E-state index contributed by atoms with van der Waals surface area (Å²) in [5, 5.41) is 4.79. The number of hydrogen-bond donors (Lipinski definition) is 1. The summed E-state index contributed by atoms with van der Waals surface area (Å²) >= 11 is 1.57. The van der Waals surface area contributed by atoms with Crippen molar-refractivity contribution in [3.05, 3.63) is 70.5 Å². The molecule has 26 heavy (non-hydrogen) atoms. The van der Waals surface area contributed by atoms with E-state index >= 15 is 0 Å². The standard InChI is InChI=1S/C18H15N5O2S/c1-12-7-17(25)23(11-19-12)10-16(24)20-14-4-2-3-13(8-14)15-9-22-5-6-26-18(22)21-15/h2-9,11H,10H2,1H3,(H,20,24). The van der Waals surface area contributed by atoms with E-state index in [-0.39, 0.29) is 18.0 Å². The summed E-state index contributed by atoms with van der Waals surface area (Å²) in [4.78, 5) is 33.6. The van der Waals surface area contributed by atoms with Crippen LogP contribution in [0.4, 0.5) is 5.69 Å². The molecule has 0 aliphatic rings. The Bertz CT molecular complexity index is 1130. The molecule has 0 atom stereocenters. The highest BCUT2D eigenvalue weighted by molar-refractivity contribution is 7.15. The lowest BCUT2D eigenvalue weighted by Crippen LogP contribution is -2.27. The van der Waals surface area contributed by atoms with Crippen molar-refractivity contribution in [2.75, 3.05) is 5.32 Å². The maximum atomic E-state index is 12.2. The normalized spacial score (nSPS) is 11.0. The summed E-state index contributed by atoms with van der Waals surface area (Å²) < 4.78 is 3.23. The minimum absolute atomic E-state index is 0.0868. The lowest BCUT2D eigenvalue weighted by molar-refractivity contribution is -0.116. The average Bonchev–Trinajstić information content (AvgIpc) is 3.19. The van der Waals surface area contributed by atoms with Crippen LogP contribution in [0.25, 0.3) is 16.2 Å². The average molecular weight is 365 g/mol. The number of thiazole rings is 1. The van der Waals surface area contributed by atoms with Crippen LogP contribution < -0.4 is 10.9 Å². The maximum absolute atomic E-state index is 12.2. The predicted molar refractivity (Wildman–Crippen MR) is 100 cm³/mol. The highest BCUT2D eigenvalue weighted by atomic mass is 32.1. The van der Waals surface area contributed by atoms with Crippen LogP contribution in [0, 0.1) is 6.92 Å². The number of nitrogens with zero attached hydrogens (tertiary/aromatic N) is 4. The molecule has 4 rings (SSSR count). The first-order valence-corrected chi connectivity index (χ1v) is 8.82. The largest absolute Gasteiger partial charge is 0.325 e. The molecule has 1 amide bonds. The molecule has 4 aromatic rings. The molecule has 0 bridgehead atoms. The van der Waals surface area contributed by atoms with Crippen LogP contribution in [-0.2, 0) is 11.3 Å². The first kappa shape index (κ1) is 16.2. The van der Waals surface area contributed by atoms with E-state index in [1.807, 2.05) is 40.4 Å². The summed E-state index contributed by atoms with van der Waals surface area (Å²) in [6.07, 6.45) is 5.28. The molecule has 130 valence electrons. The number of carbonyl (C=O) groups excluding carboxylic acids is 1. The van der Waals surface area contributed by atoms with Crippen molar-refractivity contribution in [3.8, 4) is 11.3 Å². The Hall–Kier alpha value is -3.26. The first-order valence-electron chi connectivity index (χ1n) is 7.94. The number of hydrogen-bond acceptors (Lipinski definition) is 5. The van der Waals surface area contributed by atoms with Crippen LogP contribution in [-0.4, -0.2) is 24.8 Å². The fourth-order valence-corrected chi connectivity index (χ4v) is 3.31. The van der Waals surface area contributed by atoms with Gasteiger partial charge in [0.15, 0.2) is 4.96 Å². The molecule has 0 radical (unpaired) electrons. The van der Waals surface area contributed by atoms with Crippen molar-refractivity contribution in [3.63, 3.8) is 0 Å². The third-order valence-electron chi connectivity index (χ3n) is 3.87. The monoisotopic (exact) mass is 365 g/mol. The van der Waals surface area contributed by atoms with Crippen LogP contribution in [0.2, 0.25) is 0 Å². The zero-order chi connectivity index (χ0) is 18.1. The number of aromatic nitrogens is 4. The van der Waals surface area contributed by atoms with Gasteiger partial charge in [-0.15, -0.1) is 11.3 Å². The van der Waals surface area contributed by atoms with E-state index in [2.05, 4.69) is 15.3 Å². The third kappa shape index (κ3) is 3.27. The van der Waals surface area contributed by atoms with Crippen LogP contribution in [0.5, 0.6) is 0 Å². The van der Waals surface area contributed by atoms with Gasteiger partial charge in [0.05, 0.1) is 12.0 Å². The fourth-order valence-electron chi connectivity index (χ4n) is 2.61. The maximum Gasteiger partial charge on any atom is 0.253 e. The summed E-state index contributed by atoms with van der Waals surface area (Å²) in [6, 6.07) is 8.86. The molecule has 1 N–H and O–H groups in total. The number of imidazole rings is 1. The van der Waals surface area contributed by atoms with Gasteiger partial charge in [-0.2, -0.15) is 0 Å². The molecular formula is C18H15N5O2S. The lowest BCUT2D eigenvalue weighted by atomic mass is 10.1. The Balaban J connectivity index is 1.52. The van der Waals surface area contributed by atoms with Crippen LogP contribution in [0.1, 0.15) is 5.69 Å². The predicted octanol–water partition coefficient (Wildman–Crippen LogP) is 2.57. The zero-order valence-corrected chi connectivity index (χ0v) is 14.7. The third-order valence-corrected chi connectivity index (χ3v) is 4.64. The molecule has 0 saturated heterocycles. The number of amides is 1. The SMILES string of the molecule is Cc1cc(=O)n(CC(=O)Nc2cccc(-c3cn4ccsc4n3)c2)cn1. The lowest BCUT2D eigenvalue weighted by Gasteiger charge is -2.08. The Morgan fingerprint density at radius 2 is 2.19 bits per heavy atom. The molecule has 7 nitrogen and oxygen atoms in total. The van der Waals surface area contributed by atoms with Crippen LogP contribution in [0.3, 0.4) is 0 Å². The molecule has 0 fully saturated rings. The van der Waals surface area contributed by atoms with Gasteiger partial charge in [0.1, 0.15) is 6.54 Å². The van der Waals surface area contributed by atoms with E-state index in [4.69, 9.17) is 0 Å². The van der Waals surface area contributed by atoms with Crippen molar-refractivity contribution in [1.82, 2.24) is 18.9 Å². The topological polar surface area (TPSA) is 81.3 Å². The van der Waals surface area contributed by atoms with Crippen molar-refractivity contribution < 1.29 is 4.79 Å². The molecule has 1 aromatic carbocycles. The summed E-state index contributed by atoms with van der Waals surface area (Å²) in [5.41, 5.74) is 2.77. The number of rotatable bonds is 4. The molecule has 3 aromatic heterocycles. The van der Waals surface area contributed by atoms with Crippen LogP contribution >= 0.6 is 11.3 Å². The minimum Gasteiger partial charge on any atom is -0.325 e. The Morgan fingerprint density at radius 3 is 3.00 bits per heavy atom. The number of aryl methyl sites for hydroxylation is 1. The molecule has 0 unspecified atom stereocenters. The summed E-state index contributed by atoms with van der Waals surface area (Å²) in [6.45, 7) is 1.65. The van der Waals surface area contributed by atoms with Gasteiger partial charge in [-0.05, 0) is 19.1 Å². The summed E-state index contributed by atoms with van der Waals surface area (Å²) in [7, 11) is 0. The molecule has 0 aliphatic carbocycles. The molecule has 0 saturated carbocycles. The highest BCUT2D eigenvalue weighted by Crippen LogP contribution is 2.24. The van der Waals surface area contributed by atoms with Crippen molar-refractivity contribution >= 4 is 27.9 Å². The Morgan fingerprint density at radius 1 is 1.31 bits per heavy atom. The van der Waals surface area contributed by atoms with Gasteiger partial charge in [0.25, 0.3) is 5.56 Å². The van der Waals surface area contributed by atoms with Gasteiger partial charge in [0.2, 0.25) is 5.91 Å².